The zero-order valence-corrected chi connectivity index (χ0v) is 75.1. The molecule has 0 radical (unpaired) electrons. The number of nitro benzene ring substituents is 1. The van der Waals surface area contributed by atoms with E-state index in [0.29, 0.717) is 29.4 Å². The van der Waals surface area contributed by atoms with E-state index in [-0.39, 0.29) is 160 Å². The number of methoxy groups -OCH3 is 1. The molecule has 13 heteroatoms. The van der Waals surface area contributed by atoms with Gasteiger partial charge in [0.25, 0.3) is 5.69 Å². The zero-order chi connectivity index (χ0) is 71.7. The van der Waals surface area contributed by atoms with Gasteiger partial charge < -0.3 is 64.2 Å². The summed E-state index contributed by atoms with van der Waals surface area (Å²) in [6.07, 6.45) is 83.4. The molecule has 0 bridgehead atoms. The van der Waals surface area contributed by atoms with E-state index in [0.717, 1.165) is 97.6 Å². The van der Waals surface area contributed by atoms with Gasteiger partial charge in [-0.2, -0.15) is 0 Å². The van der Waals surface area contributed by atoms with Crippen LogP contribution in [0.15, 0.2) is 287 Å². The summed E-state index contributed by atoms with van der Waals surface area (Å²) >= 11 is 0. The Bertz CT molecular complexity index is 4150. The van der Waals surface area contributed by atoms with Crippen molar-refractivity contribution in [2.24, 2.45) is 43.6 Å². The van der Waals surface area contributed by atoms with Crippen molar-refractivity contribution in [1.82, 2.24) is 0 Å². The number of rotatable bonds is 15. The molecule has 0 aromatic heterocycles. The van der Waals surface area contributed by atoms with E-state index in [1.807, 2.05) is 31.2 Å². The summed E-state index contributed by atoms with van der Waals surface area (Å²) in [5, 5.41) is 11.0. The monoisotopic (exact) mass is 1680 g/mol. The molecule has 4 atom stereocenters. The third kappa shape index (κ3) is 29.8. The van der Waals surface area contributed by atoms with Crippen LogP contribution in [0.25, 0.3) is 4.85 Å². The minimum absolute atomic E-state index is 0. The van der Waals surface area contributed by atoms with E-state index < -0.39 is 0 Å². The maximum absolute atomic E-state index is 11.0. The maximum Gasteiger partial charge on any atom is 2.00 e. The van der Waals surface area contributed by atoms with Crippen molar-refractivity contribution in [3.05, 3.63) is 376 Å². The number of non-ortho nitro benzene ring substituents is 1. The fraction of sp³-hybridized carbons (Fsp3) is 0.310. The number of nitro groups is 1. The number of benzene rings is 4. The molecule has 8 aliphatic carbocycles. The number of nitrogens with zero attached hydrogens (tertiary/aromatic N) is 6. The molecule has 0 amide bonds. The van der Waals surface area contributed by atoms with Gasteiger partial charge in [0, 0.05) is 62.6 Å². The molecular weight excluding hydrogens is 1560 g/mol. The van der Waals surface area contributed by atoms with E-state index in [4.69, 9.17) is 21.3 Å². The van der Waals surface area contributed by atoms with Crippen LogP contribution in [-0.4, -0.2) is 34.9 Å². The van der Waals surface area contributed by atoms with Crippen LogP contribution in [0.4, 0.5) is 34.1 Å². The van der Waals surface area contributed by atoms with Crippen molar-refractivity contribution < 1.29 is 77.9 Å². The topological polar surface area (TPSA) is 106 Å². The average Bonchev–Trinajstić information content (AvgIpc) is 1.62. The van der Waals surface area contributed by atoms with Gasteiger partial charge in [-0.15, -0.1) is 0 Å². The SMILES string of the molecule is C1=CCC=C1.C1=CCC=C1.C1=CCC=C1.C1=CCC=C1.CC1=Nc2ccc(C)cc2C1(C)CCC1C=CC=C1.CC1=Nc2ccc([N+](=O)[O-])cc2C1(C)CCCC1C=CC=C1.COc1ccc2c(c1)C(C)(CCCCC1C=CC=C1)C(C)=N2.[C-]#[N+]c1ccc2c(c1)C(C)(C1C=CC=C1)C(C)=N2.[CH3-].[CH3-].[CH3-].[CH3-].[CH3-].[CH3-].[CH3-].[CH3-].[Fe+2].[Fe+2].[Fe+2].[Fe+2]. The van der Waals surface area contributed by atoms with Gasteiger partial charge in [0.1, 0.15) is 5.75 Å². The quantitative estimate of drug-likeness (QED) is 0.0389. The van der Waals surface area contributed by atoms with Crippen molar-refractivity contribution in [3.63, 3.8) is 0 Å². The molecule has 9 nitrogen and oxygen atoms in total. The van der Waals surface area contributed by atoms with Crippen LogP contribution in [0.2, 0.25) is 0 Å². The number of aryl methyl sites for hydroxylation is 1. The van der Waals surface area contributed by atoms with Crippen LogP contribution in [0, 0.1) is 107 Å². The van der Waals surface area contributed by atoms with Gasteiger partial charge in [-0.3, -0.25) is 30.1 Å². The minimum Gasteiger partial charge on any atom is -0.497 e. The number of allylic oxidation sites excluding steroid dienone is 32. The van der Waals surface area contributed by atoms with E-state index in [9.17, 15) is 10.1 Å². The average molecular weight is 1690 g/mol. The first-order valence-corrected chi connectivity index (χ1v) is 36.4. The van der Waals surface area contributed by atoms with Crippen LogP contribution in [0.1, 0.15) is 167 Å². The Labute approximate surface area is 729 Å². The number of aliphatic imine (C=N–C) groups is 4. The van der Waals surface area contributed by atoms with Crippen LogP contribution >= 0.6 is 0 Å². The Kier molecular flexibility index (Phi) is 54.1. The summed E-state index contributed by atoms with van der Waals surface area (Å²) in [4.78, 5) is 33.1. The Morgan fingerprint density at radius 1 is 0.407 bits per heavy atom. The smallest absolute Gasteiger partial charge is 0.497 e. The normalized spacial score (nSPS) is 20.2. The molecule has 4 aromatic rings. The maximum atomic E-state index is 11.0. The molecule has 4 aliphatic heterocycles. The predicted octanol–water partition coefficient (Wildman–Crippen LogP) is 29.1. The van der Waals surface area contributed by atoms with Gasteiger partial charge in [-0.05, 0) is 182 Å². The second-order valence-corrected chi connectivity index (χ2v) is 28.3. The number of fused-ring (bicyclic) bond motifs is 4. The number of hydrogen-bond acceptors (Lipinski definition) is 7. The molecule has 0 N–H and O–H groups in total. The second-order valence-electron chi connectivity index (χ2n) is 28.3. The van der Waals surface area contributed by atoms with Crippen molar-refractivity contribution in [2.75, 3.05) is 7.11 Å². The summed E-state index contributed by atoms with van der Waals surface area (Å²) in [7, 11) is 1.73. The Balaban J connectivity index is -0.000000625. The number of hydrogen-bond donors (Lipinski definition) is 0. The Hall–Kier alpha value is -7.83. The molecule has 4 unspecified atom stereocenters. The molecule has 4 aromatic carbocycles. The molecule has 4 heterocycles. The predicted molar refractivity (Wildman–Crippen MR) is 482 cm³/mol. The third-order valence-electron chi connectivity index (χ3n) is 21.5. The molecule has 113 heavy (non-hydrogen) atoms. The van der Waals surface area contributed by atoms with Crippen LogP contribution in [-0.2, 0) is 89.9 Å². The van der Waals surface area contributed by atoms with Crippen LogP contribution in [0.5, 0.6) is 5.75 Å². The molecule has 0 saturated carbocycles. The zero-order valence-electron chi connectivity index (χ0n) is 70.7. The van der Waals surface area contributed by atoms with Gasteiger partial charge in [-0.25, -0.2) is 4.85 Å². The molecule has 0 fully saturated rings. The molecule has 0 saturated heterocycles. The number of ether oxygens (including phenoxy) is 1. The summed E-state index contributed by atoms with van der Waals surface area (Å²) in [6.45, 7) is 26.8. The summed E-state index contributed by atoms with van der Waals surface area (Å²) in [5.41, 5.74) is 15.8. The Morgan fingerprint density at radius 2 is 0.752 bits per heavy atom. The molecule has 12 aliphatic rings. The fourth-order valence-electron chi connectivity index (χ4n) is 14.4. The van der Waals surface area contributed by atoms with E-state index >= 15 is 0 Å². The minimum atomic E-state index is -0.331. The summed E-state index contributed by atoms with van der Waals surface area (Å²) < 4.78 is 5.40. The second kappa shape index (κ2) is 54.9. The molecular formula is C100H128Fe4N6O3. The van der Waals surface area contributed by atoms with Crippen LogP contribution < -0.4 is 4.74 Å². The first-order chi connectivity index (χ1) is 48.9. The third-order valence-corrected chi connectivity index (χ3v) is 21.5. The van der Waals surface area contributed by atoms with E-state index in [1.165, 1.54) is 71.1 Å². The van der Waals surface area contributed by atoms with Gasteiger partial charge in [0.2, 0.25) is 0 Å². The summed E-state index contributed by atoms with van der Waals surface area (Å²) in [6, 6.07) is 23.7. The van der Waals surface area contributed by atoms with Gasteiger partial charge in [0.05, 0.1) is 41.4 Å². The summed E-state index contributed by atoms with van der Waals surface area (Å²) in [5.74, 6) is 3.06. The van der Waals surface area contributed by atoms with Crippen molar-refractivity contribution in [1.29, 1.82) is 0 Å². The molecule has 0 spiro atoms. The van der Waals surface area contributed by atoms with E-state index in [2.05, 4.69) is 295 Å². The largest absolute Gasteiger partial charge is 2.00 e. The number of unbranched alkanes of at least 4 members (excludes halogenated alkanes) is 1. The first kappa shape index (κ1) is 111. The van der Waals surface area contributed by atoms with Gasteiger partial charge >= 0.3 is 68.3 Å². The Morgan fingerprint density at radius 3 is 1.16 bits per heavy atom. The molecule has 16 rings (SSSR count). The van der Waals surface area contributed by atoms with E-state index in [1.54, 1.807) is 19.2 Å². The first-order valence-electron chi connectivity index (χ1n) is 36.4. The van der Waals surface area contributed by atoms with Crippen LogP contribution in [0.3, 0.4) is 0 Å². The van der Waals surface area contributed by atoms with Gasteiger partial charge in [-0.1, -0.05) is 264 Å². The van der Waals surface area contributed by atoms with Gasteiger partial charge in [0.15, 0.2) is 5.69 Å². The van der Waals surface area contributed by atoms with Crippen molar-refractivity contribution >= 4 is 57.0 Å². The standard InChI is InChI=1S/C20H25NO.C18H20N2O2.C18H21N.C16H14N2.4C5H6.8CH3.4Fe/c1-15-20(2,13-7-6-10-16-8-4-5-9-16)18-14-17(22-3)11-12-19(18)21-15;1-13-18(2,11-5-8-14-6-3-4-7-14)16-12-15(20(21)22)9-10-17(16)19-13;1-13-8-9-17-16(12-13)18(3,14(2)19-17)11-10-15-6-4-5-7-15;1-11-16(2,12-6-4-5-7-12)14-10-13(17-3)8-9-15(14)18-11;4*1-2-4-5-3-1;;;;;;;;;;;;/h4-5,8-9,11-12,14,16H,6-7,10,13H2,1-3H3;3-4,6-7,9-10,12,14H,5,8,11H2,1-2H3;4-9,12,15H,10-11H2,1-3H3;4-10,12H,1-2H3;4*1-4H,5H2;8*1H3;;;;/q;;;;;;;;8*-1;4*+2. The van der Waals surface area contributed by atoms with Crippen molar-refractivity contribution in [3.8, 4) is 5.75 Å². The molecule has 608 valence electrons. The fourth-order valence-corrected chi connectivity index (χ4v) is 14.4. The van der Waals surface area contributed by atoms with Crippen molar-refractivity contribution in [2.45, 2.75) is 167 Å².